The molecule has 20 heavy (non-hydrogen) atoms. The van der Waals surface area contributed by atoms with E-state index in [1.807, 2.05) is 51.1 Å². The monoisotopic (exact) mass is 270 g/mol. The predicted octanol–water partition coefficient (Wildman–Crippen LogP) is 2.85. The number of carbonyl (C=O) groups is 1. The molecule has 2 rings (SSSR count). The number of ketones is 1. The van der Waals surface area contributed by atoms with Gasteiger partial charge in [-0.15, -0.1) is 0 Å². The third-order valence-corrected chi connectivity index (χ3v) is 2.83. The molecule has 4 heteroatoms. The van der Waals surface area contributed by atoms with Gasteiger partial charge >= 0.3 is 0 Å². The van der Waals surface area contributed by atoms with Crippen LogP contribution in [0.15, 0.2) is 47.5 Å². The molecule has 0 amide bonds. The van der Waals surface area contributed by atoms with Gasteiger partial charge in [-0.25, -0.2) is 4.98 Å². The van der Waals surface area contributed by atoms with Gasteiger partial charge in [0.25, 0.3) is 5.56 Å². The number of para-hydroxylation sites is 1. The fraction of sp³-hybridized carbons (Fsp3) is 0.312. The standard InChI is InChI=1S/C16H18N2O2/c1-16(2,3)11-13(19)14-15(20)18(10-9-17-14)12-7-5-4-6-8-12/h4-10H,11H2,1-3H3. The van der Waals surface area contributed by atoms with Gasteiger partial charge in [-0.3, -0.25) is 14.2 Å². The van der Waals surface area contributed by atoms with Crippen molar-refractivity contribution in [2.45, 2.75) is 27.2 Å². The van der Waals surface area contributed by atoms with Gasteiger partial charge in [0.05, 0.1) is 0 Å². The van der Waals surface area contributed by atoms with Crippen LogP contribution >= 0.6 is 0 Å². The second-order valence-corrected chi connectivity index (χ2v) is 5.95. The van der Waals surface area contributed by atoms with Crippen LogP contribution in [0.1, 0.15) is 37.7 Å². The Hall–Kier alpha value is -2.23. The van der Waals surface area contributed by atoms with Crippen LogP contribution in [0.25, 0.3) is 5.69 Å². The highest BCUT2D eigenvalue weighted by Gasteiger charge is 2.21. The number of benzene rings is 1. The molecule has 104 valence electrons. The summed E-state index contributed by atoms with van der Waals surface area (Å²) >= 11 is 0. The molecule has 4 nitrogen and oxygen atoms in total. The Balaban J connectivity index is 2.44. The Kier molecular flexibility index (Phi) is 3.84. The average molecular weight is 270 g/mol. The second kappa shape index (κ2) is 5.41. The zero-order valence-corrected chi connectivity index (χ0v) is 12.0. The van der Waals surface area contributed by atoms with E-state index in [4.69, 9.17) is 0 Å². The molecule has 0 N–H and O–H groups in total. The first-order valence-corrected chi connectivity index (χ1v) is 6.55. The highest BCUT2D eigenvalue weighted by atomic mass is 16.1. The van der Waals surface area contributed by atoms with Crippen LogP contribution in [0.2, 0.25) is 0 Å². The third kappa shape index (κ3) is 3.20. The maximum absolute atomic E-state index is 12.4. The van der Waals surface area contributed by atoms with E-state index in [2.05, 4.69) is 4.98 Å². The molecule has 0 aliphatic carbocycles. The van der Waals surface area contributed by atoms with Crippen molar-refractivity contribution >= 4 is 5.78 Å². The molecule has 1 aromatic carbocycles. The lowest BCUT2D eigenvalue weighted by Gasteiger charge is -2.16. The number of aromatic nitrogens is 2. The van der Waals surface area contributed by atoms with Crippen molar-refractivity contribution in [3.05, 3.63) is 58.8 Å². The van der Waals surface area contributed by atoms with E-state index in [0.29, 0.717) is 6.42 Å². The minimum absolute atomic E-state index is 0.00581. The molecule has 0 spiro atoms. The van der Waals surface area contributed by atoms with E-state index in [9.17, 15) is 9.59 Å². The minimum Gasteiger partial charge on any atom is -0.292 e. The van der Waals surface area contributed by atoms with Crippen molar-refractivity contribution in [1.29, 1.82) is 0 Å². The molecule has 0 aliphatic rings. The van der Waals surface area contributed by atoms with E-state index in [0.717, 1.165) is 5.69 Å². The molecule has 1 heterocycles. The summed E-state index contributed by atoms with van der Waals surface area (Å²) in [6, 6.07) is 9.21. The van der Waals surface area contributed by atoms with Crippen LogP contribution in [0, 0.1) is 5.41 Å². The maximum atomic E-state index is 12.4. The SMILES string of the molecule is CC(C)(C)CC(=O)c1nccn(-c2ccccc2)c1=O. The highest BCUT2D eigenvalue weighted by Crippen LogP contribution is 2.20. The summed E-state index contributed by atoms with van der Waals surface area (Å²) in [4.78, 5) is 28.5. The van der Waals surface area contributed by atoms with Crippen LogP contribution < -0.4 is 5.56 Å². The topological polar surface area (TPSA) is 52.0 Å². The van der Waals surface area contributed by atoms with E-state index in [-0.39, 0.29) is 22.5 Å². The minimum atomic E-state index is -0.368. The van der Waals surface area contributed by atoms with Gasteiger partial charge in [-0.2, -0.15) is 0 Å². The molecule has 0 radical (unpaired) electrons. The van der Waals surface area contributed by atoms with Crippen molar-refractivity contribution in [2.24, 2.45) is 5.41 Å². The Morgan fingerprint density at radius 2 is 1.85 bits per heavy atom. The lowest BCUT2D eigenvalue weighted by atomic mass is 9.89. The van der Waals surface area contributed by atoms with Crippen LogP contribution in [0.3, 0.4) is 0 Å². The maximum Gasteiger partial charge on any atom is 0.284 e. The van der Waals surface area contributed by atoms with Gasteiger partial charge in [0, 0.05) is 24.5 Å². The lowest BCUT2D eigenvalue weighted by Crippen LogP contribution is -2.28. The van der Waals surface area contributed by atoms with Crippen molar-refractivity contribution in [3.63, 3.8) is 0 Å². The number of Topliss-reactive ketones (excluding diaryl/α,β-unsaturated/α-hetero) is 1. The van der Waals surface area contributed by atoms with Crippen molar-refractivity contribution in [1.82, 2.24) is 9.55 Å². The van der Waals surface area contributed by atoms with Gasteiger partial charge in [0.2, 0.25) is 0 Å². The summed E-state index contributed by atoms with van der Waals surface area (Å²) in [5.41, 5.74) is 0.197. The summed E-state index contributed by atoms with van der Waals surface area (Å²) in [7, 11) is 0. The molecule has 0 atom stereocenters. The fourth-order valence-corrected chi connectivity index (χ4v) is 1.96. The first kappa shape index (κ1) is 14.2. The van der Waals surface area contributed by atoms with Crippen LogP contribution in [-0.4, -0.2) is 15.3 Å². The van der Waals surface area contributed by atoms with Crippen molar-refractivity contribution in [2.75, 3.05) is 0 Å². The van der Waals surface area contributed by atoms with Crippen LogP contribution in [-0.2, 0) is 0 Å². The van der Waals surface area contributed by atoms with Crippen molar-refractivity contribution in [3.8, 4) is 5.69 Å². The molecule has 1 aromatic heterocycles. The van der Waals surface area contributed by atoms with E-state index < -0.39 is 0 Å². The second-order valence-electron chi connectivity index (χ2n) is 5.95. The molecule has 0 saturated carbocycles. The number of hydrogen-bond donors (Lipinski definition) is 0. The van der Waals surface area contributed by atoms with Gasteiger partial charge in [-0.05, 0) is 17.5 Å². The number of hydrogen-bond acceptors (Lipinski definition) is 3. The molecular formula is C16H18N2O2. The molecule has 0 saturated heterocycles. The first-order chi connectivity index (χ1) is 9.38. The molecular weight excluding hydrogens is 252 g/mol. The Morgan fingerprint density at radius 3 is 2.45 bits per heavy atom. The summed E-state index contributed by atoms with van der Waals surface area (Å²) in [5.74, 6) is -0.215. The average Bonchev–Trinajstić information content (AvgIpc) is 2.38. The van der Waals surface area contributed by atoms with Crippen LogP contribution in [0.5, 0.6) is 0 Å². The summed E-state index contributed by atoms with van der Waals surface area (Å²) < 4.78 is 1.45. The molecule has 2 aromatic rings. The number of carbonyl (C=O) groups excluding carboxylic acids is 1. The van der Waals surface area contributed by atoms with Gasteiger partial charge in [0.1, 0.15) is 0 Å². The summed E-state index contributed by atoms with van der Waals surface area (Å²) in [6.45, 7) is 5.89. The third-order valence-electron chi connectivity index (χ3n) is 2.83. The lowest BCUT2D eigenvalue weighted by molar-refractivity contribution is 0.0933. The molecule has 0 fully saturated rings. The number of nitrogens with zero attached hydrogens (tertiary/aromatic N) is 2. The van der Waals surface area contributed by atoms with Crippen molar-refractivity contribution < 1.29 is 4.79 Å². The fourth-order valence-electron chi connectivity index (χ4n) is 1.96. The zero-order valence-electron chi connectivity index (χ0n) is 12.0. The smallest absolute Gasteiger partial charge is 0.284 e. The Bertz CT molecular complexity index is 667. The summed E-state index contributed by atoms with van der Waals surface area (Å²) in [5, 5.41) is 0. The first-order valence-electron chi connectivity index (χ1n) is 6.55. The predicted molar refractivity (Wildman–Crippen MR) is 78.2 cm³/mol. The van der Waals surface area contributed by atoms with E-state index in [1.54, 1.807) is 6.20 Å². The Labute approximate surface area is 118 Å². The zero-order chi connectivity index (χ0) is 14.8. The van der Waals surface area contributed by atoms with Crippen LogP contribution in [0.4, 0.5) is 0 Å². The summed E-state index contributed by atoms with van der Waals surface area (Å²) in [6.07, 6.45) is 3.36. The van der Waals surface area contributed by atoms with E-state index >= 15 is 0 Å². The Morgan fingerprint density at radius 1 is 1.20 bits per heavy atom. The number of rotatable bonds is 3. The quantitative estimate of drug-likeness (QED) is 0.806. The van der Waals surface area contributed by atoms with Gasteiger partial charge in [-0.1, -0.05) is 39.0 Å². The largest absolute Gasteiger partial charge is 0.292 e. The molecule has 0 bridgehead atoms. The van der Waals surface area contributed by atoms with E-state index in [1.165, 1.54) is 10.8 Å². The van der Waals surface area contributed by atoms with Gasteiger partial charge in [0.15, 0.2) is 11.5 Å². The molecule has 0 unspecified atom stereocenters. The highest BCUT2D eigenvalue weighted by molar-refractivity contribution is 5.94. The normalized spacial score (nSPS) is 11.3. The molecule has 0 aliphatic heterocycles. The van der Waals surface area contributed by atoms with Gasteiger partial charge < -0.3 is 0 Å².